The van der Waals surface area contributed by atoms with E-state index in [1.165, 1.54) is 27.7 Å². The molecule has 0 saturated heterocycles. The molecule has 86 valence electrons. The number of aromatic nitrogens is 1. The second-order valence-electron chi connectivity index (χ2n) is 4.32. The van der Waals surface area contributed by atoms with Crippen molar-refractivity contribution in [1.29, 1.82) is 0 Å². The number of hydrogen-bond donors (Lipinski definition) is 2. The molecule has 0 unspecified atom stereocenters. The third-order valence-corrected chi connectivity index (χ3v) is 3.22. The molecule has 16 heavy (non-hydrogen) atoms. The molecule has 2 nitrogen and oxygen atoms in total. The Kier molecular flexibility index (Phi) is 3.30. The van der Waals surface area contributed by atoms with E-state index in [0.717, 1.165) is 19.4 Å². The van der Waals surface area contributed by atoms with Gasteiger partial charge in [-0.2, -0.15) is 0 Å². The average molecular weight is 216 g/mol. The molecule has 0 bridgehead atoms. The smallest absolute Gasteiger partial charge is 0.0459 e. The van der Waals surface area contributed by atoms with Crippen molar-refractivity contribution in [1.82, 2.24) is 10.3 Å². The predicted octanol–water partition coefficient (Wildman–Crippen LogP) is 2.80. The normalized spacial score (nSPS) is 11.2. The summed E-state index contributed by atoms with van der Waals surface area (Å²) in [5.74, 6) is 0. The fourth-order valence-corrected chi connectivity index (χ4v) is 2.22. The number of aryl methyl sites for hydroxylation is 2. The monoisotopic (exact) mass is 216 g/mol. The summed E-state index contributed by atoms with van der Waals surface area (Å²) in [5.41, 5.74) is 5.44. The molecule has 0 saturated carbocycles. The first-order valence-corrected chi connectivity index (χ1v) is 6.01. The van der Waals surface area contributed by atoms with Crippen LogP contribution >= 0.6 is 0 Å². The molecule has 0 spiro atoms. The second-order valence-corrected chi connectivity index (χ2v) is 4.32. The Morgan fingerprint density at radius 2 is 2.12 bits per heavy atom. The lowest BCUT2D eigenvalue weighted by molar-refractivity contribution is 0.791. The number of fused-ring (bicyclic) bond motifs is 1. The van der Waals surface area contributed by atoms with Crippen LogP contribution in [0.2, 0.25) is 0 Å². The number of benzene rings is 1. The Bertz CT molecular complexity index is 483. The molecule has 0 aliphatic carbocycles. The lowest BCUT2D eigenvalue weighted by Crippen LogP contribution is -2.10. The summed E-state index contributed by atoms with van der Waals surface area (Å²) >= 11 is 0. The Balaban J connectivity index is 2.48. The van der Waals surface area contributed by atoms with E-state index >= 15 is 0 Å². The van der Waals surface area contributed by atoms with Crippen molar-refractivity contribution in [3.8, 4) is 0 Å². The highest BCUT2D eigenvalue weighted by molar-refractivity contribution is 5.85. The lowest BCUT2D eigenvalue weighted by atomic mass is 10.0. The van der Waals surface area contributed by atoms with Gasteiger partial charge in [0.25, 0.3) is 0 Å². The van der Waals surface area contributed by atoms with Crippen molar-refractivity contribution >= 4 is 10.9 Å². The maximum atomic E-state index is 3.46. The minimum atomic E-state index is 1.03. The van der Waals surface area contributed by atoms with E-state index in [-0.39, 0.29) is 0 Å². The van der Waals surface area contributed by atoms with Gasteiger partial charge in [0.05, 0.1) is 0 Å². The van der Waals surface area contributed by atoms with Crippen molar-refractivity contribution in [2.24, 2.45) is 0 Å². The summed E-state index contributed by atoms with van der Waals surface area (Å²) in [7, 11) is 2.00. The minimum absolute atomic E-state index is 1.03. The number of H-pyrrole nitrogens is 1. The lowest BCUT2D eigenvalue weighted by Gasteiger charge is -2.02. The van der Waals surface area contributed by atoms with E-state index in [1.807, 2.05) is 7.05 Å². The number of rotatable bonds is 4. The van der Waals surface area contributed by atoms with Crippen LogP contribution in [0.4, 0.5) is 0 Å². The van der Waals surface area contributed by atoms with Gasteiger partial charge in [-0.3, -0.25) is 0 Å². The van der Waals surface area contributed by atoms with E-state index in [9.17, 15) is 0 Å². The molecule has 0 radical (unpaired) electrons. The van der Waals surface area contributed by atoms with Crippen molar-refractivity contribution in [2.45, 2.75) is 26.7 Å². The first-order chi connectivity index (χ1) is 7.76. The molecular formula is C14H20N2. The third-order valence-electron chi connectivity index (χ3n) is 3.22. The SMILES string of the molecule is CCc1ccc2[nH]c(C)c(CCNC)c2c1. The van der Waals surface area contributed by atoms with Gasteiger partial charge in [0.1, 0.15) is 0 Å². The van der Waals surface area contributed by atoms with Crippen molar-refractivity contribution in [3.05, 3.63) is 35.0 Å². The van der Waals surface area contributed by atoms with Crippen molar-refractivity contribution < 1.29 is 0 Å². The second kappa shape index (κ2) is 4.71. The quantitative estimate of drug-likeness (QED) is 0.808. The highest BCUT2D eigenvalue weighted by Gasteiger charge is 2.07. The van der Waals surface area contributed by atoms with E-state index in [0.29, 0.717) is 0 Å². The van der Waals surface area contributed by atoms with Gasteiger partial charge >= 0.3 is 0 Å². The summed E-state index contributed by atoms with van der Waals surface area (Å²) in [6.07, 6.45) is 2.20. The van der Waals surface area contributed by atoms with Crippen LogP contribution in [-0.2, 0) is 12.8 Å². The van der Waals surface area contributed by atoms with Gasteiger partial charge in [-0.1, -0.05) is 13.0 Å². The molecule has 2 rings (SSSR count). The third kappa shape index (κ3) is 1.98. The topological polar surface area (TPSA) is 27.8 Å². The van der Waals surface area contributed by atoms with Gasteiger partial charge in [0, 0.05) is 16.6 Å². The highest BCUT2D eigenvalue weighted by Crippen LogP contribution is 2.23. The first-order valence-electron chi connectivity index (χ1n) is 6.01. The van der Waals surface area contributed by atoms with Gasteiger partial charge in [0.2, 0.25) is 0 Å². The predicted molar refractivity (Wildman–Crippen MR) is 70.0 cm³/mol. The molecule has 1 aromatic carbocycles. The summed E-state index contributed by atoms with van der Waals surface area (Å²) in [6.45, 7) is 5.40. The van der Waals surface area contributed by atoms with Crippen LogP contribution < -0.4 is 5.32 Å². The van der Waals surface area contributed by atoms with Crippen molar-refractivity contribution in [3.63, 3.8) is 0 Å². The van der Waals surface area contributed by atoms with Gasteiger partial charge in [0.15, 0.2) is 0 Å². The zero-order valence-corrected chi connectivity index (χ0v) is 10.4. The largest absolute Gasteiger partial charge is 0.358 e. The van der Waals surface area contributed by atoms with E-state index in [1.54, 1.807) is 0 Å². The summed E-state index contributed by atoms with van der Waals surface area (Å²) < 4.78 is 0. The molecule has 1 aromatic heterocycles. The molecule has 0 fully saturated rings. The number of likely N-dealkylation sites (N-methyl/N-ethyl adjacent to an activating group) is 1. The van der Waals surface area contributed by atoms with Crippen molar-refractivity contribution in [2.75, 3.05) is 13.6 Å². The van der Waals surface area contributed by atoms with Crippen LogP contribution in [0.25, 0.3) is 10.9 Å². The summed E-state index contributed by atoms with van der Waals surface area (Å²) in [5, 5.41) is 4.61. The summed E-state index contributed by atoms with van der Waals surface area (Å²) in [6, 6.07) is 6.73. The fourth-order valence-electron chi connectivity index (χ4n) is 2.22. The van der Waals surface area contributed by atoms with E-state index in [2.05, 4.69) is 42.3 Å². The molecule has 1 heterocycles. The van der Waals surface area contributed by atoms with Crippen LogP contribution in [0.3, 0.4) is 0 Å². The molecule has 0 atom stereocenters. The summed E-state index contributed by atoms with van der Waals surface area (Å²) in [4.78, 5) is 3.46. The van der Waals surface area contributed by atoms with Gasteiger partial charge < -0.3 is 10.3 Å². The zero-order chi connectivity index (χ0) is 11.5. The molecular weight excluding hydrogens is 196 g/mol. The Morgan fingerprint density at radius 1 is 1.31 bits per heavy atom. The average Bonchev–Trinajstić information content (AvgIpc) is 2.61. The van der Waals surface area contributed by atoms with E-state index < -0.39 is 0 Å². The van der Waals surface area contributed by atoms with Gasteiger partial charge in [-0.05, 0) is 56.6 Å². The van der Waals surface area contributed by atoms with E-state index in [4.69, 9.17) is 0 Å². The Labute approximate surface area is 97.1 Å². The van der Waals surface area contributed by atoms with Crippen LogP contribution in [0.15, 0.2) is 18.2 Å². The highest BCUT2D eigenvalue weighted by atomic mass is 14.8. The maximum absolute atomic E-state index is 3.46. The Hall–Kier alpha value is -1.28. The standard InChI is InChI=1S/C14H20N2/c1-4-11-5-6-14-13(9-11)12(7-8-15-3)10(2)16-14/h5-6,9,15-16H,4,7-8H2,1-3H3. The number of hydrogen-bond acceptors (Lipinski definition) is 1. The van der Waals surface area contributed by atoms with Gasteiger partial charge in [-0.15, -0.1) is 0 Å². The first kappa shape index (κ1) is 11.2. The Morgan fingerprint density at radius 3 is 2.81 bits per heavy atom. The van der Waals surface area contributed by atoms with Crippen LogP contribution in [0.1, 0.15) is 23.7 Å². The van der Waals surface area contributed by atoms with Crippen LogP contribution in [0.5, 0.6) is 0 Å². The molecule has 2 heteroatoms. The number of nitrogens with one attached hydrogen (secondary N) is 2. The van der Waals surface area contributed by atoms with Crippen LogP contribution in [0, 0.1) is 6.92 Å². The minimum Gasteiger partial charge on any atom is -0.358 e. The molecule has 0 aliphatic heterocycles. The molecule has 2 aromatic rings. The zero-order valence-electron chi connectivity index (χ0n) is 10.4. The fraction of sp³-hybridized carbons (Fsp3) is 0.429. The molecule has 2 N–H and O–H groups in total. The molecule has 0 amide bonds. The molecule has 0 aliphatic rings. The number of aromatic amines is 1. The van der Waals surface area contributed by atoms with Gasteiger partial charge in [-0.25, -0.2) is 0 Å². The maximum Gasteiger partial charge on any atom is 0.0459 e. The van der Waals surface area contributed by atoms with Crippen LogP contribution in [-0.4, -0.2) is 18.6 Å².